The first-order valence-electron chi connectivity index (χ1n) is 5.71. The topological polar surface area (TPSA) is 38.0 Å². The Hall–Kier alpha value is -1.28. The Morgan fingerprint density at radius 3 is 2.05 bits per heavy atom. The number of hydrogen-bond acceptors (Lipinski definition) is 2. The third-order valence-corrected chi connectivity index (χ3v) is 2.86. The normalized spacial score (nSPS) is 14.7. The van der Waals surface area contributed by atoms with Crippen LogP contribution in [0.4, 0.5) is 26.3 Å². The number of nitrogens with one attached hydrogen (secondary N) is 1. The minimum atomic E-state index is -5.42. The Balaban J connectivity index is 3.03. The van der Waals surface area contributed by atoms with Crippen LogP contribution >= 0.6 is 0 Å². The molecule has 0 fully saturated rings. The first-order valence-corrected chi connectivity index (χ1v) is 5.71. The first kappa shape index (κ1) is 16.8. The SMILES string of the molecule is Cc1cccc(CC(NN)C(C(F)(F)F)C(F)(F)F)c1. The van der Waals surface area contributed by atoms with Gasteiger partial charge in [-0.25, -0.2) is 0 Å². The van der Waals surface area contributed by atoms with Crippen molar-refractivity contribution in [2.24, 2.45) is 11.8 Å². The maximum Gasteiger partial charge on any atom is 0.402 e. The molecule has 0 aliphatic heterocycles. The van der Waals surface area contributed by atoms with Gasteiger partial charge in [0, 0.05) is 6.04 Å². The molecule has 0 heterocycles. The molecule has 0 radical (unpaired) electrons. The monoisotopic (exact) mass is 300 g/mol. The molecule has 0 saturated heterocycles. The van der Waals surface area contributed by atoms with Gasteiger partial charge < -0.3 is 0 Å². The van der Waals surface area contributed by atoms with Crippen LogP contribution in [-0.2, 0) is 6.42 Å². The van der Waals surface area contributed by atoms with Gasteiger partial charge in [0.15, 0.2) is 5.92 Å². The number of hydrazine groups is 1. The van der Waals surface area contributed by atoms with Crippen molar-refractivity contribution in [2.75, 3.05) is 0 Å². The van der Waals surface area contributed by atoms with E-state index in [4.69, 9.17) is 5.84 Å². The van der Waals surface area contributed by atoms with Gasteiger partial charge in [-0.1, -0.05) is 29.8 Å². The van der Waals surface area contributed by atoms with E-state index in [2.05, 4.69) is 0 Å². The van der Waals surface area contributed by atoms with Crippen molar-refractivity contribution in [3.05, 3.63) is 35.4 Å². The van der Waals surface area contributed by atoms with E-state index >= 15 is 0 Å². The van der Waals surface area contributed by atoms with Gasteiger partial charge in [0.05, 0.1) is 0 Å². The summed E-state index contributed by atoms with van der Waals surface area (Å²) >= 11 is 0. The van der Waals surface area contributed by atoms with Crippen LogP contribution in [0.25, 0.3) is 0 Å². The van der Waals surface area contributed by atoms with Gasteiger partial charge in [-0.3, -0.25) is 11.3 Å². The Bertz CT molecular complexity index is 426. The van der Waals surface area contributed by atoms with Gasteiger partial charge in [0.1, 0.15) is 0 Å². The average molecular weight is 300 g/mol. The van der Waals surface area contributed by atoms with Gasteiger partial charge in [-0.2, -0.15) is 26.3 Å². The lowest BCUT2D eigenvalue weighted by Gasteiger charge is -2.30. The lowest BCUT2D eigenvalue weighted by Crippen LogP contribution is -2.54. The summed E-state index contributed by atoms with van der Waals surface area (Å²) in [5.41, 5.74) is 2.74. The molecule has 1 aromatic rings. The fourth-order valence-corrected chi connectivity index (χ4v) is 2.01. The quantitative estimate of drug-likeness (QED) is 0.509. The molecule has 0 amide bonds. The summed E-state index contributed by atoms with van der Waals surface area (Å²) in [6.07, 6.45) is -11.3. The lowest BCUT2D eigenvalue weighted by atomic mass is 9.92. The van der Waals surface area contributed by atoms with Crippen LogP contribution in [0.5, 0.6) is 0 Å². The Kier molecular flexibility index (Phi) is 5.04. The van der Waals surface area contributed by atoms with E-state index in [9.17, 15) is 26.3 Å². The van der Waals surface area contributed by atoms with Crippen molar-refractivity contribution in [2.45, 2.75) is 31.7 Å². The lowest BCUT2D eigenvalue weighted by molar-refractivity contribution is -0.291. The number of rotatable bonds is 4. The van der Waals surface area contributed by atoms with Crippen molar-refractivity contribution in [1.29, 1.82) is 0 Å². The predicted octanol–water partition coefficient (Wildman–Crippen LogP) is 3.11. The largest absolute Gasteiger partial charge is 0.402 e. The van der Waals surface area contributed by atoms with E-state index in [1.807, 2.05) is 0 Å². The molecule has 8 heteroatoms. The molecule has 20 heavy (non-hydrogen) atoms. The van der Waals surface area contributed by atoms with Crippen LogP contribution in [0.3, 0.4) is 0 Å². The predicted molar refractivity (Wildman–Crippen MR) is 61.6 cm³/mol. The van der Waals surface area contributed by atoms with Crippen molar-refractivity contribution in [3.63, 3.8) is 0 Å². The highest BCUT2D eigenvalue weighted by molar-refractivity contribution is 5.23. The van der Waals surface area contributed by atoms with Crippen LogP contribution < -0.4 is 11.3 Å². The van der Waals surface area contributed by atoms with E-state index in [-0.39, 0.29) is 0 Å². The molecule has 2 nitrogen and oxygen atoms in total. The molecule has 1 atom stereocenters. The molecule has 0 spiro atoms. The molecular formula is C12H14F6N2. The second-order valence-electron chi connectivity index (χ2n) is 4.53. The van der Waals surface area contributed by atoms with E-state index in [0.29, 0.717) is 5.56 Å². The minimum absolute atomic E-state index is 0.353. The van der Waals surface area contributed by atoms with Crippen LogP contribution in [0.1, 0.15) is 11.1 Å². The summed E-state index contributed by atoms with van der Waals surface area (Å²) in [5, 5.41) is 0. The zero-order chi connectivity index (χ0) is 15.6. The summed E-state index contributed by atoms with van der Waals surface area (Å²) < 4.78 is 75.7. The summed E-state index contributed by atoms with van der Waals surface area (Å²) in [5.74, 6) is 1.39. The van der Waals surface area contributed by atoms with Crippen LogP contribution in [0.2, 0.25) is 0 Å². The van der Waals surface area contributed by atoms with Gasteiger partial charge in [-0.05, 0) is 18.9 Å². The highest BCUT2D eigenvalue weighted by Gasteiger charge is 2.59. The standard InChI is InChI=1S/C12H14F6N2/c1-7-3-2-4-8(5-7)6-9(20-19)10(11(13,14)15)12(16,17)18/h2-5,9-10,20H,6,19H2,1H3. The van der Waals surface area contributed by atoms with Crippen LogP contribution in [0.15, 0.2) is 24.3 Å². The number of hydrogen-bond donors (Lipinski definition) is 2. The molecule has 0 aromatic heterocycles. The minimum Gasteiger partial charge on any atom is -0.271 e. The molecule has 1 aromatic carbocycles. The number of nitrogens with two attached hydrogens (primary N) is 1. The van der Waals surface area contributed by atoms with Gasteiger partial charge in [-0.15, -0.1) is 0 Å². The second kappa shape index (κ2) is 6.01. The van der Waals surface area contributed by atoms with Crippen LogP contribution in [0, 0.1) is 12.8 Å². The van der Waals surface area contributed by atoms with Gasteiger partial charge in [0.25, 0.3) is 0 Å². The zero-order valence-electron chi connectivity index (χ0n) is 10.5. The number of aryl methyl sites for hydroxylation is 1. The fourth-order valence-electron chi connectivity index (χ4n) is 2.01. The molecule has 3 N–H and O–H groups in total. The second-order valence-corrected chi connectivity index (χ2v) is 4.53. The van der Waals surface area contributed by atoms with Crippen molar-refractivity contribution < 1.29 is 26.3 Å². The highest BCUT2D eigenvalue weighted by atomic mass is 19.4. The number of alkyl halides is 6. The fraction of sp³-hybridized carbons (Fsp3) is 0.500. The number of halogens is 6. The molecule has 1 rings (SSSR count). The van der Waals surface area contributed by atoms with Crippen molar-refractivity contribution in [1.82, 2.24) is 5.43 Å². The zero-order valence-corrected chi connectivity index (χ0v) is 10.5. The summed E-state index contributed by atoms with van der Waals surface area (Å²) in [6, 6.07) is 4.26. The summed E-state index contributed by atoms with van der Waals surface area (Å²) in [4.78, 5) is 0. The number of benzene rings is 1. The molecule has 0 aliphatic carbocycles. The van der Waals surface area contributed by atoms with E-state index in [1.165, 1.54) is 12.1 Å². The van der Waals surface area contributed by atoms with Crippen molar-refractivity contribution >= 4 is 0 Å². The first-order chi connectivity index (χ1) is 9.05. The molecular weight excluding hydrogens is 286 g/mol. The van der Waals surface area contributed by atoms with Crippen molar-refractivity contribution in [3.8, 4) is 0 Å². The van der Waals surface area contributed by atoms with Crippen LogP contribution in [-0.4, -0.2) is 18.4 Å². The molecule has 1 unspecified atom stereocenters. The van der Waals surface area contributed by atoms with E-state index in [1.54, 1.807) is 24.5 Å². The van der Waals surface area contributed by atoms with Gasteiger partial charge >= 0.3 is 12.4 Å². The summed E-state index contributed by atoms with van der Waals surface area (Å²) in [7, 11) is 0. The third kappa shape index (κ3) is 4.38. The maximum atomic E-state index is 12.6. The maximum absolute atomic E-state index is 12.6. The Morgan fingerprint density at radius 1 is 1.10 bits per heavy atom. The molecule has 114 valence electrons. The Morgan fingerprint density at radius 2 is 1.65 bits per heavy atom. The Labute approximate surface area is 111 Å². The summed E-state index contributed by atoms with van der Waals surface area (Å²) in [6.45, 7) is 1.69. The average Bonchev–Trinajstić information content (AvgIpc) is 2.24. The van der Waals surface area contributed by atoms with E-state index in [0.717, 1.165) is 5.56 Å². The third-order valence-electron chi connectivity index (χ3n) is 2.86. The molecule has 0 aliphatic rings. The molecule has 0 saturated carbocycles. The van der Waals surface area contributed by atoms with E-state index < -0.39 is 30.7 Å². The van der Waals surface area contributed by atoms with Gasteiger partial charge in [0.2, 0.25) is 0 Å². The smallest absolute Gasteiger partial charge is 0.271 e. The highest BCUT2D eigenvalue weighted by Crippen LogP contribution is 2.41. The molecule has 0 bridgehead atoms.